The third kappa shape index (κ3) is 5.90. The zero-order chi connectivity index (χ0) is 21.7. The highest BCUT2D eigenvalue weighted by atomic mass is 32.1. The number of nitrogens with one attached hydrogen (secondary N) is 1. The van der Waals surface area contributed by atoms with Crippen LogP contribution in [-0.4, -0.2) is 72.8 Å². The summed E-state index contributed by atoms with van der Waals surface area (Å²) in [5.74, 6) is 0.159. The first kappa shape index (κ1) is 22.5. The summed E-state index contributed by atoms with van der Waals surface area (Å²) in [7, 11) is 1.87. The zero-order valence-corrected chi connectivity index (χ0v) is 19.2. The smallest absolute Gasteiger partial charge is 0.238 e. The second kappa shape index (κ2) is 10.2. The van der Waals surface area contributed by atoms with Crippen LogP contribution in [-0.2, 0) is 16.1 Å². The van der Waals surface area contributed by atoms with Crippen LogP contribution in [0.25, 0.3) is 0 Å². The number of aryl methyl sites for hydroxylation is 3. The molecule has 1 saturated heterocycles. The molecule has 0 unspecified atom stereocenters. The average molecular weight is 429 g/mol. The van der Waals surface area contributed by atoms with Crippen molar-refractivity contribution in [1.29, 1.82) is 0 Å². The number of rotatable bonds is 7. The summed E-state index contributed by atoms with van der Waals surface area (Å²) in [5.41, 5.74) is 4.31. The Bertz CT molecular complexity index is 867. The van der Waals surface area contributed by atoms with Gasteiger partial charge in [0, 0.05) is 43.8 Å². The molecule has 1 aromatic carbocycles. The molecular formula is C23H32N4O2S. The number of carbonyl (C=O) groups is 2. The second-order valence-corrected chi connectivity index (χ2v) is 9.14. The van der Waals surface area contributed by atoms with Crippen molar-refractivity contribution in [2.75, 3.05) is 51.6 Å². The standard InChI is InChI=1S/C23H32N4O2S/c1-17-8-13-30-20(17)14-25(4)22(29)16-27-11-9-26(10-12-27)15-21(28)24-23-18(2)6-5-7-19(23)3/h5-8,13H,9-12,14-16H2,1-4H3,(H,24,28). The lowest BCUT2D eigenvalue weighted by molar-refractivity contribution is -0.132. The molecule has 1 fully saturated rings. The van der Waals surface area contributed by atoms with Gasteiger partial charge >= 0.3 is 0 Å². The van der Waals surface area contributed by atoms with Gasteiger partial charge in [0.1, 0.15) is 0 Å². The molecule has 1 N–H and O–H groups in total. The number of anilines is 1. The molecule has 1 aliphatic rings. The minimum absolute atomic E-state index is 0.0166. The lowest BCUT2D eigenvalue weighted by Crippen LogP contribution is -2.51. The highest BCUT2D eigenvalue weighted by Gasteiger charge is 2.22. The van der Waals surface area contributed by atoms with Gasteiger partial charge in [-0.25, -0.2) is 0 Å². The SMILES string of the molecule is Cc1ccsc1CN(C)C(=O)CN1CCN(CC(=O)Nc2c(C)cccc2C)CC1. The van der Waals surface area contributed by atoms with E-state index in [4.69, 9.17) is 0 Å². The fourth-order valence-electron chi connectivity index (χ4n) is 3.68. The van der Waals surface area contributed by atoms with Crippen LogP contribution in [0, 0.1) is 20.8 Å². The molecule has 7 heteroatoms. The van der Waals surface area contributed by atoms with Crippen LogP contribution in [0.2, 0.25) is 0 Å². The lowest BCUT2D eigenvalue weighted by Gasteiger charge is -2.34. The number of thiophene rings is 1. The number of piperazine rings is 1. The van der Waals surface area contributed by atoms with E-state index in [1.54, 1.807) is 11.3 Å². The van der Waals surface area contributed by atoms with Crippen molar-refractivity contribution in [3.05, 3.63) is 51.2 Å². The van der Waals surface area contributed by atoms with E-state index in [-0.39, 0.29) is 11.8 Å². The molecule has 6 nitrogen and oxygen atoms in total. The van der Waals surface area contributed by atoms with E-state index >= 15 is 0 Å². The molecule has 0 aliphatic carbocycles. The fourth-order valence-corrected chi connectivity index (χ4v) is 4.64. The number of amides is 2. The van der Waals surface area contributed by atoms with E-state index < -0.39 is 0 Å². The van der Waals surface area contributed by atoms with Gasteiger partial charge in [-0.3, -0.25) is 19.4 Å². The second-order valence-electron chi connectivity index (χ2n) is 8.14. The Labute approximate surface area is 183 Å². The summed E-state index contributed by atoms with van der Waals surface area (Å²) in [6, 6.07) is 8.11. The average Bonchev–Trinajstić information content (AvgIpc) is 3.11. The maximum absolute atomic E-state index is 12.6. The number of likely N-dealkylation sites (N-methyl/N-ethyl adjacent to an activating group) is 1. The summed E-state index contributed by atoms with van der Waals surface area (Å²) in [5, 5.41) is 5.12. The highest BCUT2D eigenvalue weighted by molar-refractivity contribution is 7.10. The molecule has 0 saturated carbocycles. The molecule has 3 rings (SSSR count). The third-order valence-corrected chi connectivity index (χ3v) is 6.72. The van der Waals surface area contributed by atoms with Gasteiger partial charge in [0.25, 0.3) is 0 Å². The Morgan fingerprint density at radius 2 is 1.57 bits per heavy atom. The minimum atomic E-state index is 0.0166. The molecule has 0 bridgehead atoms. The molecule has 0 atom stereocenters. The monoisotopic (exact) mass is 428 g/mol. The summed E-state index contributed by atoms with van der Waals surface area (Å²) in [4.78, 5) is 32.5. The van der Waals surface area contributed by atoms with Crippen LogP contribution >= 0.6 is 11.3 Å². The van der Waals surface area contributed by atoms with Crippen LogP contribution in [0.15, 0.2) is 29.6 Å². The summed E-state index contributed by atoms with van der Waals surface area (Å²) < 4.78 is 0. The van der Waals surface area contributed by atoms with Gasteiger partial charge < -0.3 is 10.2 Å². The first-order chi connectivity index (χ1) is 14.3. The van der Waals surface area contributed by atoms with E-state index in [1.165, 1.54) is 10.4 Å². The first-order valence-corrected chi connectivity index (χ1v) is 11.3. The quantitative estimate of drug-likeness (QED) is 0.737. The molecule has 2 heterocycles. The van der Waals surface area contributed by atoms with Crippen molar-refractivity contribution in [1.82, 2.24) is 14.7 Å². The van der Waals surface area contributed by atoms with E-state index in [2.05, 4.69) is 33.5 Å². The predicted molar refractivity (Wildman–Crippen MR) is 123 cm³/mol. The van der Waals surface area contributed by atoms with E-state index in [1.807, 2.05) is 44.0 Å². The van der Waals surface area contributed by atoms with Gasteiger partial charge in [0.15, 0.2) is 0 Å². The largest absolute Gasteiger partial charge is 0.339 e. The topological polar surface area (TPSA) is 55.9 Å². The van der Waals surface area contributed by atoms with Gasteiger partial charge in [0.05, 0.1) is 19.6 Å². The van der Waals surface area contributed by atoms with E-state index in [0.29, 0.717) is 19.6 Å². The molecule has 0 spiro atoms. The van der Waals surface area contributed by atoms with Crippen molar-refractivity contribution >= 4 is 28.8 Å². The fraction of sp³-hybridized carbons (Fsp3) is 0.478. The van der Waals surface area contributed by atoms with Crippen molar-refractivity contribution < 1.29 is 9.59 Å². The molecule has 0 radical (unpaired) electrons. The van der Waals surface area contributed by atoms with E-state index in [9.17, 15) is 9.59 Å². The number of hydrogen-bond donors (Lipinski definition) is 1. The van der Waals surface area contributed by atoms with Crippen molar-refractivity contribution in [2.24, 2.45) is 0 Å². The maximum Gasteiger partial charge on any atom is 0.238 e. The number of para-hydroxylation sites is 1. The molecule has 162 valence electrons. The van der Waals surface area contributed by atoms with Gasteiger partial charge in [-0.15, -0.1) is 11.3 Å². The number of carbonyl (C=O) groups excluding carboxylic acids is 2. The first-order valence-electron chi connectivity index (χ1n) is 10.4. The Hall–Kier alpha value is -2.22. The Morgan fingerprint density at radius 1 is 0.967 bits per heavy atom. The molecule has 2 amide bonds. The predicted octanol–water partition coefficient (Wildman–Crippen LogP) is 2.89. The highest BCUT2D eigenvalue weighted by Crippen LogP contribution is 2.19. The van der Waals surface area contributed by atoms with Crippen LogP contribution in [0.1, 0.15) is 21.6 Å². The third-order valence-electron chi connectivity index (χ3n) is 5.71. The Morgan fingerprint density at radius 3 is 2.13 bits per heavy atom. The maximum atomic E-state index is 12.6. The van der Waals surface area contributed by atoms with Gasteiger partial charge in [-0.1, -0.05) is 18.2 Å². The van der Waals surface area contributed by atoms with Gasteiger partial charge in [-0.2, -0.15) is 0 Å². The number of hydrogen-bond acceptors (Lipinski definition) is 5. The van der Waals surface area contributed by atoms with Crippen LogP contribution in [0.5, 0.6) is 0 Å². The van der Waals surface area contributed by atoms with Gasteiger partial charge in [-0.05, 0) is 48.9 Å². The van der Waals surface area contributed by atoms with E-state index in [0.717, 1.165) is 43.0 Å². The lowest BCUT2D eigenvalue weighted by atomic mass is 10.1. The number of nitrogens with zero attached hydrogens (tertiary/aromatic N) is 3. The molecule has 30 heavy (non-hydrogen) atoms. The summed E-state index contributed by atoms with van der Waals surface area (Å²) in [6.45, 7) is 10.8. The number of benzene rings is 1. The summed E-state index contributed by atoms with van der Waals surface area (Å²) in [6.07, 6.45) is 0. The van der Waals surface area contributed by atoms with Crippen molar-refractivity contribution in [2.45, 2.75) is 27.3 Å². The van der Waals surface area contributed by atoms with Crippen LogP contribution in [0.4, 0.5) is 5.69 Å². The van der Waals surface area contributed by atoms with Crippen LogP contribution < -0.4 is 5.32 Å². The normalized spacial score (nSPS) is 15.2. The van der Waals surface area contributed by atoms with Crippen molar-refractivity contribution in [3.8, 4) is 0 Å². The molecule has 1 aromatic heterocycles. The minimum Gasteiger partial charge on any atom is -0.339 e. The molecule has 2 aromatic rings. The Balaban J connectivity index is 1.41. The Kier molecular flexibility index (Phi) is 7.64. The zero-order valence-electron chi connectivity index (χ0n) is 18.4. The summed E-state index contributed by atoms with van der Waals surface area (Å²) >= 11 is 1.70. The molecular weight excluding hydrogens is 396 g/mol. The molecule has 1 aliphatic heterocycles. The van der Waals surface area contributed by atoms with Crippen LogP contribution in [0.3, 0.4) is 0 Å². The van der Waals surface area contributed by atoms with Gasteiger partial charge in [0.2, 0.25) is 11.8 Å². The van der Waals surface area contributed by atoms with Crippen molar-refractivity contribution in [3.63, 3.8) is 0 Å².